The van der Waals surface area contributed by atoms with E-state index < -0.39 is 84.8 Å². The number of carbonyl (C=O) groups excluding carboxylic acids is 1. The molecule has 0 N–H and O–H groups in total. The predicted octanol–water partition coefficient (Wildman–Crippen LogP) is 8.19. The van der Waals surface area contributed by atoms with Crippen LogP contribution < -0.4 is 19.8 Å². The number of alkyl halides is 11. The van der Waals surface area contributed by atoms with E-state index in [4.69, 9.17) is 13.9 Å². The van der Waals surface area contributed by atoms with Gasteiger partial charge in [-0.15, -0.1) is 13.2 Å². The molecule has 0 radical (unpaired) electrons. The van der Waals surface area contributed by atoms with Crippen molar-refractivity contribution in [3.8, 4) is 28.4 Å². The first-order valence-corrected chi connectivity index (χ1v) is 13.0. The van der Waals surface area contributed by atoms with Gasteiger partial charge in [-0.3, -0.25) is 0 Å². The summed E-state index contributed by atoms with van der Waals surface area (Å²) in [6, 6.07) is 7.33. The molecular weight excluding hydrogens is 669 g/mol. The number of esters is 1. The molecule has 47 heavy (non-hydrogen) atoms. The fourth-order valence-corrected chi connectivity index (χ4v) is 3.90. The molecule has 0 atom stereocenters. The van der Waals surface area contributed by atoms with Crippen LogP contribution in [0.2, 0.25) is 0 Å². The van der Waals surface area contributed by atoms with Crippen molar-refractivity contribution in [1.82, 2.24) is 0 Å². The molecule has 0 saturated heterocycles. The van der Waals surface area contributed by atoms with Crippen molar-refractivity contribution in [1.29, 1.82) is 0 Å². The van der Waals surface area contributed by atoms with Crippen molar-refractivity contribution < 1.29 is 76.5 Å². The Kier molecular flexibility index (Phi) is 10.5. The summed E-state index contributed by atoms with van der Waals surface area (Å²) >= 11 is 0. The lowest BCUT2D eigenvalue weighted by Gasteiger charge is -2.36. The van der Waals surface area contributed by atoms with Crippen molar-refractivity contribution in [3.05, 3.63) is 65.0 Å². The Morgan fingerprint density at radius 1 is 0.787 bits per heavy atom. The summed E-state index contributed by atoms with van der Waals surface area (Å²) in [5.74, 6) is -27.3. The van der Waals surface area contributed by atoms with Gasteiger partial charge in [-0.05, 0) is 37.3 Å². The van der Waals surface area contributed by atoms with Gasteiger partial charge in [-0.25, -0.2) is 9.59 Å². The highest BCUT2D eigenvalue weighted by Crippen LogP contribution is 2.54. The molecule has 18 heteroatoms. The lowest BCUT2D eigenvalue weighted by molar-refractivity contribution is -0.368. The third kappa shape index (κ3) is 8.08. The number of hydrogen-bond donors (Lipinski definition) is 0. The van der Waals surface area contributed by atoms with Gasteiger partial charge < -0.3 is 23.4 Å². The minimum atomic E-state index is -6.60. The van der Waals surface area contributed by atoms with Crippen molar-refractivity contribution in [2.75, 3.05) is 20.3 Å². The van der Waals surface area contributed by atoms with E-state index >= 15 is 0 Å². The Balaban J connectivity index is 1.77. The van der Waals surface area contributed by atoms with Gasteiger partial charge >= 0.3 is 41.6 Å². The third-order valence-corrected chi connectivity index (χ3v) is 6.41. The lowest BCUT2D eigenvalue weighted by atomic mass is 9.95. The van der Waals surface area contributed by atoms with Crippen LogP contribution in [0.5, 0.6) is 17.2 Å². The Hall–Kier alpha value is -4.51. The maximum atomic E-state index is 14.3. The largest absolute Gasteiger partial charge is 0.573 e. The van der Waals surface area contributed by atoms with Crippen LogP contribution in [0, 0.1) is 0 Å². The Morgan fingerprint density at radius 3 is 1.91 bits per heavy atom. The van der Waals surface area contributed by atoms with Crippen LogP contribution in [-0.4, -0.2) is 56.3 Å². The fourth-order valence-electron chi connectivity index (χ4n) is 3.90. The van der Waals surface area contributed by atoms with E-state index in [-0.39, 0.29) is 27.9 Å². The first kappa shape index (κ1) is 37.0. The molecule has 1 aromatic heterocycles. The number of hydrogen-bond acceptors (Lipinski definition) is 7. The summed E-state index contributed by atoms with van der Waals surface area (Å²) in [6.45, 7) is 1.25. The van der Waals surface area contributed by atoms with Gasteiger partial charge in [0.15, 0.2) is 0 Å². The van der Waals surface area contributed by atoms with E-state index in [1.807, 2.05) is 0 Å². The zero-order chi connectivity index (χ0) is 35.6. The monoisotopic (exact) mass is 692 g/mol. The summed E-state index contributed by atoms with van der Waals surface area (Å²) in [6.07, 6.45) is -9.54. The van der Waals surface area contributed by atoms with Crippen LogP contribution in [0.1, 0.15) is 19.8 Å². The SMILES string of the molecule is C=C(C)C(=O)OCCC(F)(F)C(F)(F)C(F)(F)C(F)(F)CCOc1ccc2cc(-c3ccc(OC)cc3OC(F)(F)F)c(=O)oc2c1. The smallest absolute Gasteiger partial charge is 0.497 e. The van der Waals surface area contributed by atoms with E-state index in [9.17, 15) is 57.9 Å². The second kappa shape index (κ2) is 13.3. The highest BCUT2D eigenvalue weighted by Gasteiger charge is 2.79. The number of halogens is 11. The topological polar surface area (TPSA) is 84.2 Å². The summed E-state index contributed by atoms with van der Waals surface area (Å²) in [7, 11) is 1.17. The molecule has 7 nitrogen and oxygen atoms in total. The Bertz CT molecular complexity index is 1680. The maximum Gasteiger partial charge on any atom is 0.573 e. The van der Waals surface area contributed by atoms with E-state index in [1.165, 1.54) is 13.2 Å². The zero-order valence-corrected chi connectivity index (χ0v) is 24.1. The maximum absolute atomic E-state index is 14.3. The molecule has 0 saturated carbocycles. The minimum Gasteiger partial charge on any atom is -0.497 e. The van der Waals surface area contributed by atoms with Gasteiger partial charge in [0.2, 0.25) is 0 Å². The van der Waals surface area contributed by atoms with E-state index in [0.29, 0.717) is 0 Å². The molecule has 0 fully saturated rings. The second-order valence-corrected chi connectivity index (χ2v) is 9.88. The first-order chi connectivity index (χ1) is 21.5. The molecule has 2 aromatic carbocycles. The molecule has 0 aliphatic rings. The van der Waals surface area contributed by atoms with Crippen LogP contribution in [0.4, 0.5) is 48.3 Å². The first-order valence-electron chi connectivity index (χ1n) is 13.0. The molecule has 0 bridgehead atoms. The number of fused-ring (bicyclic) bond motifs is 1. The standard InChI is InChI=1S/C29H23F11O7/c1-15(2)23(41)45-11-9-26(32,33)28(36,37)27(34,35)25(30,31)8-10-44-18-5-4-16-12-20(24(42)46-21(16)14-18)19-7-6-17(43-3)13-22(19)47-29(38,39)40/h4-7,12-14H,1,8-11H2,2-3H3. The van der Waals surface area contributed by atoms with Crippen molar-refractivity contribution in [3.63, 3.8) is 0 Å². The fraction of sp³-hybridized carbons (Fsp3) is 0.379. The van der Waals surface area contributed by atoms with Crippen LogP contribution in [-0.2, 0) is 9.53 Å². The van der Waals surface area contributed by atoms with Crippen molar-refractivity contribution in [2.24, 2.45) is 0 Å². The van der Waals surface area contributed by atoms with Crippen LogP contribution in [0.15, 0.2) is 63.8 Å². The normalized spacial score (nSPS) is 13.0. The zero-order valence-electron chi connectivity index (χ0n) is 24.1. The molecule has 1 heterocycles. The van der Waals surface area contributed by atoms with Gasteiger partial charge in [0, 0.05) is 28.7 Å². The van der Waals surface area contributed by atoms with Crippen LogP contribution in [0.3, 0.4) is 0 Å². The quantitative estimate of drug-likeness (QED) is 0.0730. The van der Waals surface area contributed by atoms with Crippen LogP contribution >= 0.6 is 0 Å². The Morgan fingerprint density at radius 2 is 1.36 bits per heavy atom. The molecule has 0 unspecified atom stereocenters. The predicted molar refractivity (Wildman–Crippen MR) is 141 cm³/mol. The van der Waals surface area contributed by atoms with Gasteiger partial charge in [0.25, 0.3) is 0 Å². The summed E-state index contributed by atoms with van der Waals surface area (Å²) in [4.78, 5) is 23.9. The number of ether oxygens (including phenoxy) is 4. The van der Waals surface area contributed by atoms with Crippen molar-refractivity contribution in [2.45, 2.75) is 49.8 Å². The van der Waals surface area contributed by atoms with Crippen LogP contribution in [0.25, 0.3) is 22.1 Å². The molecule has 3 aromatic rings. The molecule has 0 aliphatic heterocycles. The summed E-state index contributed by atoms with van der Waals surface area (Å²) < 4.78 is 175. The van der Waals surface area contributed by atoms with Gasteiger partial charge in [-0.2, -0.15) is 35.1 Å². The average Bonchev–Trinajstić information content (AvgIpc) is 2.95. The molecule has 0 aliphatic carbocycles. The van der Waals surface area contributed by atoms with Gasteiger partial charge in [0.05, 0.1) is 38.7 Å². The Labute approximate surface area is 257 Å². The number of carbonyl (C=O) groups is 1. The van der Waals surface area contributed by atoms with E-state index in [1.54, 1.807) is 0 Å². The summed E-state index contributed by atoms with van der Waals surface area (Å²) in [5.41, 5.74) is -2.59. The van der Waals surface area contributed by atoms with Gasteiger partial charge in [-0.1, -0.05) is 6.58 Å². The molecule has 258 valence electrons. The molecule has 0 amide bonds. The molecular formula is C29H23F11O7. The number of methoxy groups -OCH3 is 1. The van der Waals surface area contributed by atoms with Crippen molar-refractivity contribution >= 4 is 16.9 Å². The number of rotatable bonds is 14. The number of benzene rings is 2. The minimum absolute atomic E-state index is 0.0395. The third-order valence-electron chi connectivity index (χ3n) is 6.41. The molecule has 0 spiro atoms. The summed E-state index contributed by atoms with van der Waals surface area (Å²) in [5, 5.41) is 0.0494. The van der Waals surface area contributed by atoms with E-state index in [2.05, 4.69) is 16.1 Å². The van der Waals surface area contributed by atoms with Gasteiger partial charge in [0.1, 0.15) is 22.8 Å². The van der Waals surface area contributed by atoms with E-state index in [0.717, 1.165) is 43.3 Å². The second-order valence-electron chi connectivity index (χ2n) is 9.88. The molecule has 3 rings (SSSR count). The average molecular weight is 692 g/mol. The highest BCUT2D eigenvalue weighted by atomic mass is 19.4. The lowest BCUT2D eigenvalue weighted by Crippen LogP contribution is -2.62. The highest BCUT2D eigenvalue weighted by molar-refractivity contribution is 5.87.